The summed E-state index contributed by atoms with van der Waals surface area (Å²) in [4.78, 5) is 3.14. The minimum absolute atomic E-state index is 0.775. The lowest BCUT2D eigenvalue weighted by atomic mass is 10.1. The summed E-state index contributed by atoms with van der Waals surface area (Å²) in [5.41, 5.74) is 2.07. The Morgan fingerprint density at radius 3 is 0.964 bits per heavy atom. The zero-order valence-electron chi connectivity index (χ0n) is 15.0. The summed E-state index contributed by atoms with van der Waals surface area (Å²) in [5, 5.41) is 0. The first-order chi connectivity index (χ1) is 13.7. The Morgan fingerprint density at radius 1 is 0.357 bits per heavy atom. The molecule has 4 heteroatoms. The molecule has 0 radical (unpaired) electrons. The lowest BCUT2D eigenvalue weighted by Gasteiger charge is -2.11. The van der Waals surface area contributed by atoms with Crippen LogP contribution in [-0.2, 0) is 22.4 Å². The molecular weight excluding hydrogens is 384 g/mol. The fraction of sp³-hybridized carbons (Fsp3) is 0. The van der Waals surface area contributed by atoms with E-state index >= 15 is 0 Å². The van der Waals surface area contributed by atoms with Gasteiger partial charge in [0.1, 0.15) is 0 Å². The molecule has 0 amide bonds. The van der Waals surface area contributed by atoms with Gasteiger partial charge in [-0.15, -0.1) is 0 Å². The van der Waals surface area contributed by atoms with Crippen LogP contribution < -0.4 is 0 Å². The smallest absolute Gasteiger partial charge is 0.158 e. The summed E-state index contributed by atoms with van der Waals surface area (Å²) in [6, 6.07) is 34.4. The summed E-state index contributed by atoms with van der Waals surface area (Å²) in [6.07, 6.45) is 0. The maximum Gasteiger partial charge on any atom is 0.158 e. The van der Waals surface area contributed by atoms with Crippen molar-refractivity contribution in [2.24, 2.45) is 0 Å². The molecule has 0 heterocycles. The van der Waals surface area contributed by atoms with Gasteiger partial charge < -0.3 is 9.11 Å². The topological polar surface area (TPSA) is 46.1 Å². The second kappa shape index (κ2) is 8.67. The van der Waals surface area contributed by atoms with Gasteiger partial charge in [-0.3, -0.25) is 0 Å². The maximum absolute atomic E-state index is 12.6. The molecule has 0 bridgehead atoms. The van der Waals surface area contributed by atoms with Crippen LogP contribution in [0.5, 0.6) is 0 Å². The molecule has 2 nitrogen and oxygen atoms in total. The van der Waals surface area contributed by atoms with Crippen molar-refractivity contribution in [2.45, 2.75) is 19.6 Å². The standard InChI is InChI=1S/C24H18O2S2/c25-27(21-7-3-1-4-8-21)23-15-11-19(12-16-23)20-13-17-24(18-14-20)28(26)22-9-5-2-6-10-22/h1-18H. The Labute approximate surface area is 171 Å². The SMILES string of the molecule is [O-][S+](c1ccccc1)c1ccc(-c2ccc([S+]([O-])c3ccccc3)cc2)cc1. The van der Waals surface area contributed by atoms with E-state index in [1.807, 2.05) is 109 Å². The van der Waals surface area contributed by atoms with Crippen molar-refractivity contribution in [1.29, 1.82) is 0 Å². The third kappa shape index (κ3) is 4.16. The van der Waals surface area contributed by atoms with E-state index in [0.717, 1.165) is 30.7 Å². The average molecular weight is 403 g/mol. The third-order valence-corrected chi connectivity index (χ3v) is 7.19. The van der Waals surface area contributed by atoms with Crippen molar-refractivity contribution in [3.8, 4) is 11.1 Å². The fourth-order valence-electron chi connectivity index (χ4n) is 2.90. The molecule has 28 heavy (non-hydrogen) atoms. The van der Waals surface area contributed by atoms with Gasteiger partial charge in [0.2, 0.25) is 0 Å². The van der Waals surface area contributed by atoms with Gasteiger partial charge in [0.05, 0.1) is 0 Å². The number of hydrogen-bond donors (Lipinski definition) is 0. The average Bonchev–Trinajstić information content (AvgIpc) is 2.79. The quantitative estimate of drug-likeness (QED) is 0.403. The molecule has 0 aliphatic rings. The first-order valence-corrected chi connectivity index (χ1v) is 11.2. The molecule has 0 aliphatic heterocycles. The molecule has 0 N–H and O–H groups in total. The van der Waals surface area contributed by atoms with Crippen LogP contribution in [-0.4, -0.2) is 9.11 Å². The van der Waals surface area contributed by atoms with E-state index in [1.165, 1.54) is 0 Å². The van der Waals surface area contributed by atoms with E-state index in [9.17, 15) is 9.11 Å². The molecule has 2 atom stereocenters. The maximum atomic E-state index is 12.6. The van der Waals surface area contributed by atoms with Gasteiger partial charge in [-0.05, 0) is 83.9 Å². The van der Waals surface area contributed by atoms with Gasteiger partial charge in [-0.1, -0.05) is 36.4 Å². The lowest BCUT2D eigenvalue weighted by molar-refractivity contribution is 0.594. The highest BCUT2D eigenvalue weighted by Crippen LogP contribution is 2.27. The predicted molar refractivity (Wildman–Crippen MR) is 114 cm³/mol. The molecule has 138 valence electrons. The first-order valence-electron chi connectivity index (χ1n) is 8.86. The predicted octanol–water partition coefficient (Wildman–Crippen LogP) is 5.69. The molecule has 0 fully saturated rings. The highest BCUT2D eigenvalue weighted by Gasteiger charge is 2.16. The molecule has 4 rings (SSSR count). The fourth-order valence-corrected chi connectivity index (χ4v) is 5.02. The zero-order chi connectivity index (χ0) is 19.3. The van der Waals surface area contributed by atoms with Crippen LogP contribution in [0.1, 0.15) is 0 Å². The molecule has 0 spiro atoms. The van der Waals surface area contributed by atoms with Crippen LogP contribution in [0.3, 0.4) is 0 Å². The third-order valence-electron chi connectivity index (χ3n) is 4.38. The van der Waals surface area contributed by atoms with Crippen LogP contribution in [0, 0.1) is 0 Å². The minimum atomic E-state index is -1.18. The van der Waals surface area contributed by atoms with Crippen molar-refractivity contribution in [1.82, 2.24) is 0 Å². The second-order valence-corrected chi connectivity index (χ2v) is 9.17. The van der Waals surface area contributed by atoms with Crippen LogP contribution in [0.4, 0.5) is 0 Å². The van der Waals surface area contributed by atoms with E-state index in [2.05, 4.69) is 0 Å². The Kier molecular flexibility index (Phi) is 5.84. The molecule has 0 aromatic heterocycles. The highest BCUT2D eigenvalue weighted by atomic mass is 32.2. The van der Waals surface area contributed by atoms with Crippen molar-refractivity contribution < 1.29 is 9.11 Å². The minimum Gasteiger partial charge on any atom is -0.606 e. The Hall–Kier alpha value is -2.50. The van der Waals surface area contributed by atoms with Crippen molar-refractivity contribution in [3.05, 3.63) is 109 Å². The van der Waals surface area contributed by atoms with Gasteiger partial charge in [-0.25, -0.2) is 0 Å². The van der Waals surface area contributed by atoms with E-state index in [-0.39, 0.29) is 0 Å². The monoisotopic (exact) mass is 402 g/mol. The van der Waals surface area contributed by atoms with Crippen LogP contribution in [0.15, 0.2) is 129 Å². The first kappa shape index (κ1) is 18.8. The number of hydrogen-bond acceptors (Lipinski definition) is 2. The second-order valence-electron chi connectivity index (χ2n) is 6.21. The molecule has 2 unspecified atom stereocenters. The largest absolute Gasteiger partial charge is 0.606 e. The summed E-state index contributed by atoms with van der Waals surface area (Å²) < 4.78 is 25.3. The molecule has 0 saturated carbocycles. The summed E-state index contributed by atoms with van der Waals surface area (Å²) in [5.74, 6) is 0. The summed E-state index contributed by atoms with van der Waals surface area (Å²) >= 11 is -2.37. The summed E-state index contributed by atoms with van der Waals surface area (Å²) in [7, 11) is 0. The van der Waals surface area contributed by atoms with Crippen molar-refractivity contribution >= 4 is 22.4 Å². The van der Waals surface area contributed by atoms with E-state index in [0.29, 0.717) is 0 Å². The Morgan fingerprint density at radius 2 is 0.643 bits per heavy atom. The van der Waals surface area contributed by atoms with Gasteiger partial charge >= 0.3 is 0 Å². The van der Waals surface area contributed by atoms with Crippen molar-refractivity contribution in [2.75, 3.05) is 0 Å². The van der Waals surface area contributed by atoms with E-state index in [4.69, 9.17) is 0 Å². The van der Waals surface area contributed by atoms with Gasteiger partial charge in [0, 0.05) is 22.4 Å². The molecular formula is C24H18O2S2. The van der Waals surface area contributed by atoms with Gasteiger partial charge in [-0.2, -0.15) is 0 Å². The number of rotatable bonds is 5. The van der Waals surface area contributed by atoms with E-state index < -0.39 is 22.4 Å². The van der Waals surface area contributed by atoms with Crippen molar-refractivity contribution in [3.63, 3.8) is 0 Å². The normalized spacial score (nSPS) is 13.1. The molecule has 4 aromatic carbocycles. The summed E-state index contributed by atoms with van der Waals surface area (Å²) in [6.45, 7) is 0. The van der Waals surface area contributed by atoms with Crippen LogP contribution in [0.25, 0.3) is 11.1 Å². The van der Waals surface area contributed by atoms with Crippen LogP contribution >= 0.6 is 0 Å². The van der Waals surface area contributed by atoms with Gasteiger partial charge in [0.15, 0.2) is 19.6 Å². The van der Waals surface area contributed by atoms with E-state index in [1.54, 1.807) is 0 Å². The number of benzene rings is 4. The Bertz CT molecular complexity index is 931. The van der Waals surface area contributed by atoms with Crippen LogP contribution in [0.2, 0.25) is 0 Å². The van der Waals surface area contributed by atoms with Gasteiger partial charge in [0.25, 0.3) is 0 Å². The molecule has 0 saturated heterocycles. The molecule has 0 aliphatic carbocycles. The lowest BCUT2D eigenvalue weighted by Crippen LogP contribution is -2.02. The Balaban J connectivity index is 1.52. The molecule has 4 aromatic rings. The highest BCUT2D eigenvalue weighted by molar-refractivity contribution is 7.91. The zero-order valence-corrected chi connectivity index (χ0v) is 16.7.